The summed E-state index contributed by atoms with van der Waals surface area (Å²) in [4.78, 5) is 18.0. The Morgan fingerprint density at radius 1 is 1.12 bits per heavy atom. The summed E-state index contributed by atoms with van der Waals surface area (Å²) in [5.41, 5.74) is 2.70. The van der Waals surface area contributed by atoms with Crippen molar-refractivity contribution in [2.45, 2.75) is 19.9 Å². The smallest absolute Gasteiger partial charge is 0.344 e. The van der Waals surface area contributed by atoms with Crippen molar-refractivity contribution in [2.24, 2.45) is 4.99 Å². The molecule has 0 bridgehead atoms. The van der Waals surface area contributed by atoms with Gasteiger partial charge in [-0.25, -0.2) is 9.79 Å². The van der Waals surface area contributed by atoms with Crippen molar-refractivity contribution in [3.63, 3.8) is 0 Å². The maximum atomic E-state index is 12.8. The largest absolute Gasteiger partial charge is 0.506 e. The number of nitrogens with zero attached hydrogens (tertiary/aromatic N) is 2. The summed E-state index contributed by atoms with van der Waals surface area (Å²) in [6, 6.07) is 22.9. The fourth-order valence-corrected chi connectivity index (χ4v) is 5.91. The van der Waals surface area contributed by atoms with E-state index in [0.717, 1.165) is 33.9 Å². The number of carbonyl (C=O) groups excluding carboxylic acids is 1. The molecule has 40 heavy (non-hydrogen) atoms. The Labute approximate surface area is 250 Å². The van der Waals surface area contributed by atoms with Crippen LogP contribution in [0.5, 0.6) is 5.75 Å². The second-order valence-electron chi connectivity index (χ2n) is 8.88. The number of ether oxygens (including phenoxy) is 2. The topological polar surface area (TPSA) is 73.0 Å². The molecule has 1 aliphatic rings. The first kappa shape index (κ1) is 28.1. The lowest BCUT2D eigenvalue weighted by Crippen LogP contribution is -2.12. The zero-order valence-corrected chi connectivity index (χ0v) is 24.8. The molecule has 0 aliphatic carbocycles. The Balaban J connectivity index is 1.45. The van der Waals surface area contributed by atoms with E-state index < -0.39 is 5.97 Å². The van der Waals surface area contributed by atoms with Gasteiger partial charge in [0.25, 0.3) is 0 Å². The Kier molecular flexibility index (Phi) is 8.99. The van der Waals surface area contributed by atoms with Gasteiger partial charge in [0, 0.05) is 33.7 Å². The Hall–Kier alpha value is -3.46. The van der Waals surface area contributed by atoms with Gasteiger partial charge in [0.1, 0.15) is 22.1 Å². The molecular weight excluding hydrogens is 612 g/mol. The standard InChI is InChI=1S/C31H26BrClN2O4S/c1-2-38-31(37)28-29(36)27(40-30(28)34-22-9-4-3-5-10-22)17-20-19-35(25-14-13-21(32)18-23(20)25)15-8-16-39-26-12-7-6-11-24(26)33/h3-7,9-14,17-19,36H,2,8,15-16H2,1H3/b27-17-,34-30?. The number of hydrogen-bond donors (Lipinski definition) is 1. The van der Waals surface area contributed by atoms with Gasteiger partial charge in [-0.05, 0) is 61.9 Å². The number of halogens is 2. The number of carbonyl (C=O) groups is 1. The van der Waals surface area contributed by atoms with Gasteiger partial charge in [0.2, 0.25) is 0 Å². The van der Waals surface area contributed by atoms with Crippen LogP contribution in [0.3, 0.4) is 0 Å². The van der Waals surface area contributed by atoms with Crippen molar-refractivity contribution >= 4 is 73.0 Å². The fraction of sp³-hybridized carbons (Fsp3) is 0.161. The number of aliphatic imine (C=N–C) groups is 1. The van der Waals surface area contributed by atoms with Gasteiger partial charge in [0.15, 0.2) is 0 Å². The highest BCUT2D eigenvalue weighted by Gasteiger charge is 2.33. The van der Waals surface area contributed by atoms with Crippen molar-refractivity contribution in [1.29, 1.82) is 0 Å². The monoisotopic (exact) mass is 636 g/mol. The lowest BCUT2D eigenvalue weighted by atomic mass is 10.1. The first-order valence-corrected chi connectivity index (χ1v) is 14.7. The molecule has 9 heteroatoms. The van der Waals surface area contributed by atoms with E-state index in [9.17, 15) is 9.90 Å². The Bertz CT molecular complexity index is 1650. The van der Waals surface area contributed by atoms with Crippen molar-refractivity contribution < 1.29 is 19.4 Å². The van der Waals surface area contributed by atoms with Crippen molar-refractivity contribution in [3.8, 4) is 5.75 Å². The molecule has 1 aliphatic heterocycles. The van der Waals surface area contributed by atoms with E-state index in [1.165, 1.54) is 11.8 Å². The minimum absolute atomic E-state index is 0.0728. The number of esters is 1. The molecule has 0 fully saturated rings. The molecule has 0 saturated heterocycles. The molecule has 0 saturated carbocycles. The molecule has 6 nitrogen and oxygen atoms in total. The number of aliphatic hydroxyl groups is 1. The summed E-state index contributed by atoms with van der Waals surface area (Å²) in [6.45, 7) is 3.15. The summed E-state index contributed by atoms with van der Waals surface area (Å²) >= 11 is 11.0. The summed E-state index contributed by atoms with van der Waals surface area (Å²) in [6.07, 6.45) is 4.70. The van der Waals surface area contributed by atoms with Crippen molar-refractivity contribution in [2.75, 3.05) is 13.2 Å². The van der Waals surface area contributed by atoms with E-state index in [4.69, 9.17) is 21.1 Å². The number of aromatic nitrogens is 1. The summed E-state index contributed by atoms with van der Waals surface area (Å²) in [7, 11) is 0. The van der Waals surface area contributed by atoms with Gasteiger partial charge in [-0.2, -0.15) is 0 Å². The number of aliphatic hydroxyl groups excluding tert-OH is 1. The van der Waals surface area contributed by atoms with Gasteiger partial charge < -0.3 is 19.1 Å². The normalized spacial score (nSPS) is 15.4. The van der Waals surface area contributed by atoms with E-state index >= 15 is 0 Å². The SMILES string of the molecule is CCOC(=O)C1=C(O)/C(=C/c2cn(CCCOc3ccccc3Cl)c3ccc(Br)cc23)SC1=Nc1ccccc1. The van der Waals surface area contributed by atoms with Gasteiger partial charge in [-0.1, -0.05) is 69.6 Å². The average molecular weight is 638 g/mol. The molecule has 0 atom stereocenters. The fourth-order valence-electron chi connectivity index (χ4n) is 4.33. The van der Waals surface area contributed by atoms with Crippen LogP contribution < -0.4 is 4.74 Å². The van der Waals surface area contributed by atoms with Crippen LogP contribution in [0.25, 0.3) is 17.0 Å². The van der Waals surface area contributed by atoms with Crippen molar-refractivity contribution in [1.82, 2.24) is 4.57 Å². The van der Waals surface area contributed by atoms with Gasteiger partial charge in [-0.15, -0.1) is 0 Å². The molecular formula is C31H26BrClN2O4S. The number of rotatable bonds is 9. The molecule has 0 radical (unpaired) electrons. The highest BCUT2D eigenvalue weighted by molar-refractivity contribution is 9.10. The quantitative estimate of drug-likeness (QED) is 0.147. The van der Waals surface area contributed by atoms with E-state index in [2.05, 4.69) is 31.6 Å². The third kappa shape index (κ3) is 6.30. The number of thioether (sulfide) groups is 1. The number of aryl methyl sites for hydroxylation is 1. The van der Waals surface area contributed by atoms with Gasteiger partial charge in [0.05, 0.1) is 28.8 Å². The Morgan fingerprint density at radius 2 is 1.90 bits per heavy atom. The lowest BCUT2D eigenvalue weighted by Gasteiger charge is -2.09. The second-order valence-corrected chi connectivity index (χ2v) is 11.2. The second kappa shape index (κ2) is 12.8. The van der Waals surface area contributed by atoms with E-state index in [0.29, 0.717) is 33.0 Å². The number of hydrogen-bond acceptors (Lipinski definition) is 6. The highest BCUT2D eigenvalue weighted by Crippen LogP contribution is 2.41. The maximum Gasteiger partial charge on any atom is 0.344 e. The van der Waals surface area contributed by atoms with E-state index in [1.807, 2.05) is 79.0 Å². The molecule has 0 unspecified atom stereocenters. The summed E-state index contributed by atoms with van der Waals surface area (Å²) in [5.74, 6) is -0.0711. The molecule has 5 rings (SSSR count). The predicted octanol–water partition coefficient (Wildman–Crippen LogP) is 8.72. The molecule has 0 amide bonds. The van der Waals surface area contributed by atoms with E-state index in [-0.39, 0.29) is 17.9 Å². The van der Waals surface area contributed by atoms with Crippen LogP contribution in [-0.4, -0.2) is 33.9 Å². The predicted molar refractivity (Wildman–Crippen MR) is 167 cm³/mol. The maximum absolute atomic E-state index is 12.8. The van der Waals surface area contributed by atoms with E-state index in [1.54, 1.807) is 6.92 Å². The highest BCUT2D eigenvalue weighted by atomic mass is 79.9. The number of fused-ring (bicyclic) bond motifs is 1. The molecule has 1 N–H and O–H groups in total. The third-order valence-corrected chi connectivity index (χ3v) is 7.98. The van der Waals surface area contributed by atoms with Gasteiger partial charge in [-0.3, -0.25) is 0 Å². The minimum Gasteiger partial charge on any atom is -0.506 e. The van der Waals surface area contributed by atoms with Crippen LogP contribution in [0.1, 0.15) is 18.9 Å². The van der Waals surface area contributed by atoms with Crippen LogP contribution >= 0.6 is 39.3 Å². The van der Waals surface area contributed by atoms with Crippen LogP contribution in [0.15, 0.2) is 105 Å². The zero-order chi connectivity index (χ0) is 28.1. The van der Waals surface area contributed by atoms with Crippen LogP contribution in [-0.2, 0) is 16.1 Å². The number of para-hydroxylation sites is 2. The average Bonchev–Trinajstić information content (AvgIpc) is 3.44. The Morgan fingerprint density at radius 3 is 2.67 bits per heavy atom. The minimum atomic E-state index is -0.603. The van der Waals surface area contributed by atoms with Crippen LogP contribution in [0, 0.1) is 0 Å². The van der Waals surface area contributed by atoms with Gasteiger partial charge >= 0.3 is 5.97 Å². The molecule has 2 heterocycles. The zero-order valence-electron chi connectivity index (χ0n) is 21.6. The lowest BCUT2D eigenvalue weighted by molar-refractivity contribution is -0.138. The molecule has 0 spiro atoms. The molecule has 1 aromatic heterocycles. The molecule has 4 aromatic rings. The molecule has 204 valence electrons. The van der Waals surface area contributed by atoms with Crippen molar-refractivity contribution in [3.05, 3.63) is 110 Å². The third-order valence-electron chi connectivity index (χ3n) is 6.16. The molecule has 3 aromatic carbocycles. The first-order chi connectivity index (χ1) is 19.4. The number of benzene rings is 3. The first-order valence-electron chi connectivity index (χ1n) is 12.7. The van der Waals surface area contributed by atoms with Crippen LogP contribution in [0.2, 0.25) is 5.02 Å². The van der Waals surface area contributed by atoms with Crippen LogP contribution in [0.4, 0.5) is 5.69 Å². The summed E-state index contributed by atoms with van der Waals surface area (Å²) < 4.78 is 14.2. The summed E-state index contributed by atoms with van der Waals surface area (Å²) in [5, 5.41) is 13.2.